The first kappa shape index (κ1) is 15.1. The second kappa shape index (κ2) is 6.00. The zero-order valence-corrected chi connectivity index (χ0v) is 12.8. The highest BCUT2D eigenvalue weighted by atomic mass is 16.6. The fourth-order valence-corrected chi connectivity index (χ4v) is 2.10. The van der Waals surface area contributed by atoms with E-state index in [1.165, 1.54) is 0 Å². The Balaban J connectivity index is 2.49. The van der Waals surface area contributed by atoms with Crippen molar-refractivity contribution in [2.45, 2.75) is 26.4 Å². The summed E-state index contributed by atoms with van der Waals surface area (Å²) in [5.41, 5.74) is 1.70. The highest BCUT2D eigenvalue weighted by molar-refractivity contribution is 5.98. The van der Waals surface area contributed by atoms with Crippen molar-refractivity contribution in [1.29, 1.82) is 0 Å². The largest absolute Gasteiger partial charge is 0.496 e. The van der Waals surface area contributed by atoms with Crippen molar-refractivity contribution in [3.63, 3.8) is 0 Å². The van der Waals surface area contributed by atoms with E-state index in [2.05, 4.69) is 0 Å². The molecule has 0 spiro atoms. The van der Waals surface area contributed by atoms with E-state index in [-0.39, 0.29) is 5.97 Å². The summed E-state index contributed by atoms with van der Waals surface area (Å²) in [4.78, 5) is 12.4. The van der Waals surface area contributed by atoms with E-state index in [0.717, 1.165) is 16.9 Å². The van der Waals surface area contributed by atoms with Crippen LogP contribution in [0.2, 0.25) is 0 Å². The van der Waals surface area contributed by atoms with Crippen LogP contribution >= 0.6 is 0 Å². The van der Waals surface area contributed by atoms with Gasteiger partial charge in [0.1, 0.15) is 11.4 Å². The van der Waals surface area contributed by atoms with Crippen molar-refractivity contribution in [2.24, 2.45) is 0 Å². The van der Waals surface area contributed by atoms with Gasteiger partial charge in [0.15, 0.2) is 0 Å². The van der Waals surface area contributed by atoms with Gasteiger partial charge in [0.2, 0.25) is 0 Å². The van der Waals surface area contributed by atoms with E-state index >= 15 is 0 Å². The first-order chi connectivity index (χ1) is 9.92. The lowest BCUT2D eigenvalue weighted by Gasteiger charge is -2.21. The Bertz CT molecular complexity index is 639. The van der Waals surface area contributed by atoms with Crippen molar-refractivity contribution in [2.75, 3.05) is 7.11 Å². The number of carbonyl (C=O) groups is 1. The maximum Gasteiger partial charge on any atom is 0.339 e. The maximum absolute atomic E-state index is 12.4. The third-order valence-electron chi connectivity index (χ3n) is 2.94. The number of rotatable bonds is 3. The third-order valence-corrected chi connectivity index (χ3v) is 2.94. The van der Waals surface area contributed by atoms with Crippen LogP contribution in [0.3, 0.4) is 0 Å². The molecule has 3 heteroatoms. The highest BCUT2D eigenvalue weighted by Gasteiger charge is 2.21. The molecule has 21 heavy (non-hydrogen) atoms. The van der Waals surface area contributed by atoms with Crippen LogP contribution in [0.4, 0.5) is 0 Å². The van der Waals surface area contributed by atoms with Gasteiger partial charge in [-0.15, -0.1) is 0 Å². The minimum atomic E-state index is -0.523. The topological polar surface area (TPSA) is 35.5 Å². The first-order valence-corrected chi connectivity index (χ1v) is 6.88. The van der Waals surface area contributed by atoms with Gasteiger partial charge in [0.05, 0.1) is 12.7 Å². The van der Waals surface area contributed by atoms with Gasteiger partial charge in [-0.1, -0.05) is 36.4 Å². The molecule has 110 valence electrons. The third kappa shape index (κ3) is 3.63. The molecule has 0 amide bonds. The van der Waals surface area contributed by atoms with Crippen LogP contribution in [0.25, 0.3) is 11.1 Å². The summed E-state index contributed by atoms with van der Waals surface area (Å²) < 4.78 is 10.9. The fourth-order valence-electron chi connectivity index (χ4n) is 2.10. The molecule has 0 aliphatic rings. The Morgan fingerprint density at radius 3 is 2.10 bits per heavy atom. The number of ether oxygens (including phenoxy) is 2. The number of carbonyl (C=O) groups excluding carboxylic acids is 1. The monoisotopic (exact) mass is 284 g/mol. The van der Waals surface area contributed by atoms with Gasteiger partial charge in [-0.25, -0.2) is 4.79 Å². The number of benzene rings is 2. The smallest absolute Gasteiger partial charge is 0.339 e. The van der Waals surface area contributed by atoms with E-state index in [9.17, 15) is 4.79 Å². The molecular weight excluding hydrogens is 264 g/mol. The molecule has 0 N–H and O–H groups in total. The summed E-state index contributed by atoms with van der Waals surface area (Å²) in [6, 6.07) is 15.0. The molecule has 0 heterocycles. The maximum atomic E-state index is 12.4. The molecule has 2 aromatic carbocycles. The van der Waals surface area contributed by atoms with Gasteiger partial charge in [0, 0.05) is 5.56 Å². The molecule has 0 aliphatic carbocycles. The predicted molar refractivity (Wildman–Crippen MR) is 83.6 cm³/mol. The molecular formula is C18H20O3. The van der Waals surface area contributed by atoms with Crippen molar-refractivity contribution in [1.82, 2.24) is 0 Å². The van der Waals surface area contributed by atoms with Crippen LogP contribution in [0.1, 0.15) is 31.1 Å². The van der Waals surface area contributed by atoms with Crippen molar-refractivity contribution in [3.05, 3.63) is 54.1 Å². The van der Waals surface area contributed by atoms with Crippen LogP contribution < -0.4 is 4.74 Å². The molecule has 0 aromatic heterocycles. The van der Waals surface area contributed by atoms with Crippen LogP contribution in [0.15, 0.2) is 48.5 Å². The SMILES string of the molecule is COc1ccccc1-c1ccccc1C(=O)OC(C)(C)C. The Morgan fingerprint density at radius 2 is 1.48 bits per heavy atom. The van der Waals surface area contributed by atoms with Gasteiger partial charge in [-0.2, -0.15) is 0 Å². The summed E-state index contributed by atoms with van der Waals surface area (Å²) in [5.74, 6) is 0.400. The van der Waals surface area contributed by atoms with Crippen LogP contribution in [-0.4, -0.2) is 18.7 Å². The Morgan fingerprint density at radius 1 is 0.905 bits per heavy atom. The second-order valence-corrected chi connectivity index (χ2v) is 5.75. The molecule has 0 saturated carbocycles. The van der Waals surface area contributed by atoms with Crippen LogP contribution in [0, 0.1) is 0 Å². The summed E-state index contributed by atoms with van der Waals surface area (Å²) in [5, 5.41) is 0. The number of methoxy groups -OCH3 is 1. The normalized spacial score (nSPS) is 11.0. The average Bonchev–Trinajstić information content (AvgIpc) is 2.45. The molecule has 0 radical (unpaired) electrons. The standard InChI is InChI=1S/C18H20O3/c1-18(2,3)21-17(19)15-11-6-5-9-13(15)14-10-7-8-12-16(14)20-4/h5-12H,1-4H3. The Labute approximate surface area is 125 Å². The molecule has 0 fully saturated rings. The molecule has 3 nitrogen and oxygen atoms in total. The lowest BCUT2D eigenvalue weighted by molar-refractivity contribution is 0.00705. The number of hydrogen-bond acceptors (Lipinski definition) is 3. The molecule has 0 saturated heterocycles. The number of esters is 1. The lowest BCUT2D eigenvalue weighted by atomic mass is 9.98. The molecule has 2 aromatic rings. The van der Waals surface area contributed by atoms with Crippen molar-refractivity contribution < 1.29 is 14.3 Å². The Kier molecular flexibility index (Phi) is 4.32. The molecule has 0 atom stereocenters. The number of para-hydroxylation sites is 1. The van der Waals surface area contributed by atoms with Crippen molar-refractivity contribution >= 4 is 5.97 Å². The van der Waals surface area contributed by atoms with Gasteiger partial charge in [-0.3, -0.25) is 0 Å². The first-order valence-electron chi connectivity index (χ1n) is 6.88. The zero-order valence-electron chi connectivity index (χ0n) is 12.8. The highest BCUT2D eigenvalue weighted by Crippen LogP contribution is 2.32. The van der Waals surface area contributed by atoms with Crippen LogP contribution in [0.5, 0.6) is 5.75 Å². The summed E-state index contributed by atoms with van der Waals surface area (Å²) in [6.45, 7) is 5.57. The summed E-state index contributed by atoms with van der Waals surface area (Å²) >= 11 is 0. The molecule has 2 rings (SSSR count). The van der Waals surface area contributed by atoms with E-state index < -0.39 is 5.60 Å². The van der Waals surface area contributed by atoms with E-state index in [1.807, 2.05) is 63.2 Å². The quantitative estimate of drug-likeness (QED) is 0.787. The second-order valence-electron chi connectivity index (χ2n) is 5.75. The average molecular weight is 284 g/mol. The number of hydrogen-bond donors (Lipinski definition) is 0. The fraction of sp³-hybridized carbons (Fsp3) is 0.278. The molecule has 0 unspecified atom stereocenters. The van der Waals surface area contributed by atoms with E-state index in [1.54, 1.807) is 13.2 Å². The molecule has 0 bridgehead atoms. The predicted octanol–water partition coefficient (Wildman–Crippen LogP) is 4.32. The Hall–Kier alpha value is -2.29. The van der Waals surface area contributed by atoms with Crippen molar-refractivity contribution in [3.8, 4) is 16.9 Å². The van der Waals surface area contributed by atoms with Gasteiger partial charge < -0.3 is 9.47 Å². The van der Waals surface area contributed by atoms with Gasteiger partial charge in [-0.05, 0) is 38.5 Å². The minimum Gasteiger partial charge on any atom is -0.496 e. The lowest BCUT2D eigenvalue weighted by Crippen LogP contribution is -2.24. The van der Waals surface area contributed by atoms with Gasteiger partial charge >= 0.3 is 5.97 Å². The van der Waals surface area contributed by atoms with E-state index in [4.69, 9.17) is 9.47 Å². The summed E-state index contributed by atoms with van der Waals surface area (Å²) in [7, 11) is 1.62. The van der Waals surface area contributed by atoms with E-state index in [0.29, 0.717) is 5.56 Å². The van der Waals surface area contributed by atoms with Gasteiger partial charge in [0.25, 0.3) is 0 Å². The summed E-state index contributed by atoms with van der Waals surface area (Å²) in [6.07, 6.45) is 0. The minimum absolute atomic E-state index is 0.330. The zero-order chi connectivity index (χ0) is 15.5. The molecule has 0 aliphatic heterocycles. The van der Waals surface area contributed by atoms with Crippen LogP contribution in [-0.2, 0) is 4.74 Å².